The number of hydrogen-bond acceptors (Lipinski definition) is 4. The maximum Gasteiger partial charge on any atom is 0.238 e. The van der Waals surface area contributed by atoms with Crippen molar-refractivity contribution >= 4 is 54.6 Å². The second-order valence-corrected chi connectivity index (χ2v) is 6.90. The molecule has 0 radical (unpaired) electrons. The van der Waals surface area contributed by atoms with Crippen LogP contribution in [0.15, 0.2) is 45.8 Å². The molecular weight excluding hydrogens is 366 g/mol. The van der Waals surface area contributed by atoms with E-state index in [4.69, 9.17) is 22.5 Å². The number of anilines is 3. The van der Waals surface area contributed by atoms with E-state index in [9.17, 15) is 8.42 Å². The Bertz CT molecular complexity index is 765. The summed E-state index contributed by atoms with van der Waals surface area (Å²) in [6.45, 7) is 0. The van der Waals surface area contributed by atoms with Gasteiger partial charge in [0.25, 0.3) is 0 Å². The number of rotatable bonds is 3. The zero-order chi connectivity index (χ0) is 14.9. The summed E-state index contributed by atoms with van der Waals surface area (Å²) in [6, 6.07) is 9.48. The first-order valence-corrected chi connectivity index (χ1v) is 8.13. The van der Waals surface area contributed by atoms with Crippen LogP contribution in [0.5, 0.6) is 0 Å². The topological polar surface area (TPSA) is 98.2 Å². The van der Waals surface area contributed by atoms with Crippen molar-refractivity contribution in [2.45, 2.75) is 4.90 Å². The van der Waals surface area contributed by atoms with E-state index in [1.54, 1.807) is 24.3 Å². The number of hydrogen-bond donors (Lipinski definition) is 3. The number of nitrogen functional groups attached to an aromatic ring is 1. The van der Waals surface area contributed by atoms with Gasteiger partial charge in [-0.05, 0) is 52.3 Å². The lowest BCUT2D eigenvalue weighted by atomic mass is 10.2. The van der Waals surface area contributed by atoms with Gasteiger partial charge in [0.2, 0.25) is 10.0 Å². The van der Waals surface area contributed by atoms with Crippen LogP contribution >= 0.6 is 27.5 Å². The lowest BCUT2D eigenvalue weighted by Gasteiger charge is -2.12. The summed E-state index contributed by atoms with van der Waals surface area (Å²) in [5.41, 5.74) is 7.42. The van der Waals surface area contributed by atoms with Crippen molar-refractivity contribution in [2.75, 3.05) is 11.1 Å². The fourth-order valence-electron chi connectivity index (χ4n) is 1.57. The van der Waals surface area contributed by atoms with Gasteiger partial charge in [-0.3, -0.25) is 0 Å². The van der Waals surface area contributed by atoms with E-state index in [-0.39, 0.29) is 10.6 Å². The Labute approximate surface area is 130 Å². The molecule has 0 saturated heterocycles. The van der Waals surface area contributed by atoms with Crippen molar-refractivity contribution in [1.82, 2.24) is 0 Å². The summed E-state index contributed by atoms with van der Waals surface area (Å²) in [5.74, 6) is 0. The van der Waals surface area contributed by atoms with E-state index in [0.717, 1.165) is 10.2 Å². The summed E-state index contributed by atoms with van der Waals surface area (Å²) in [7, 11) is -3.76. The van der Waals surface area contributed by atoms with Crippen LogP contribution < -0.4 is 16.2 Å². The molecule has 0 spiro atoms. The van der Waals surface area contributed by atoms with Crippen LogP contribution in [-0.4, -0.2) is 8.42 Å². The molecular formula is C12H11BrClN3O2S. The molecule has 5 N–H and O–H groups in total. The zero-order valence-corrected chi connectivity index (χ0v) is 13.3. The summed E-state index contributed by atoms with van der Waals surface area (Å²) >= 11 is 9.23. The fourth-order valence-corrected chi connectivity index (χ4v) is 2.90. The first kappa shape index (κ1) is 15.1. The van der Waals surface area contributed by atoms with Gasteiger partial charge in [-0.15, -0.1) is 0 Å². The normalized spacial score (nSPS) is 11.3. The highest BCUT2D eigenvalue weighted by atomic mass is 79.9. The number of benzene rings is 2. The Morgan fingerprint density at radius 3 is 2.30 bits per heavy atom. The molecule has 5 nitrogen and oxygen atoms in total. The highest BCUT2D eigenvalue weighted by Crippen LogP contribution is 2.31. The van der Waals surface area contributed by atoms with Gasteiger partial charge in [0.1, 0.15) is 0 Å². The third-order valence-corrected chi connectivity index (χ3v) is 4.35. The van der Waals surface area contributed by atoms with E-state index in [1.807, 2.05) is 0 Å². The van der Waals surface area contributed by atoms with Gasteiger partial charge in [-0.2, -0.15) is 0 Å². The predicted octanol–water partition coefficient (Wildman–Crippen LogP) is 3.08. The van der Waals surface area contributed by atoms with Gasteiger partial charge in [-0.1, -0.05) is 11.6 Å². The van der Waals surface area contributed by atoms with E-state index >= 15 is 0 Å². The monoisotopic (exact) mass is 375 g/mol. The third-order valence-electron chi connectivity index (χ3n) is 2.55. The molecule has 2 rings (SSSR count). The quantitative estimate of drug-likeness (QED) is 0.717. The lowest BCUT2D eigenvalue weighted by Crippen LogP contribution is -2.12. The number of sulfonamides is 1. The van der Waals surface area contributed by atoms with Gasteiger partial charge in [0, 0.05) is 9.50 Å². The van der Waals surface area contributed by atoms with Crippen LogP contribution in [0.2, 0.25) is 5.02 Å². The molecule has 0 atom stereocenters. The summed E-state index contributed by atoms with van der Waals surface area (Å²) in [6.07, 6.45) is 0. The van der Waals surface area contributed by atoms with Gasteiger partial charge in [0.05, 0.1) is 22.0 Å². The maximum absolute atomic E-state index is 11.2. The smallest absolute Gasteiger partial charge is 0.238 e. The van der Waals surface area contributed by atoms with Crippen molar-refractivity contribution < 1.29 is 8.42 Å². The van der Waals surface area contributed by atoms with Gasteiger partial charge >= 0.3 is 0 Å². The third kappa shape index (κ3) is 3.43. The molecule has 0 saturated carbocycles. The first-order chi connectivity index (χ1) is 9.27. The van der Waals surface area contributed by atoms with Crippen molar-refractivity contribution in [3.05, 3.63) is 45.9 Å². The molecule has 0 amide bonds. The Balaban J connectivity index is 2.35. The van der Waals surface area contributed by atoms with Gasteiger partial charge in [-0.25, -0.2) is 13.6 Å². The van der Waals surface area contributed by atoms with Crippen molar-refractivity contribution in [3.8, 4) is 0 Å². The van der Waals surface area contributed by atoms with Gasteiger partial charge in [0.15, 0.2) is 0 Å². The molecule has 0 unspecified atom stereocenters. The second-order valence-electron chi connectivity index (χ2n) is 4.04. The molecule has 0 bridgehead atoms. The largest absolute Gasteiger partial charge is 0.397 e. The van der Waals surface area contributed by atoms with Crippen LogP contribution in [0, 0.1) is 0 Å². The van der Waals surface area contributed by atoms with Crippen LogP contribution in [0.3, 0.4) is 0 Å². The average Bonchev–Trinajstić information content (AvgIpc) is 2.33. The Kier molecular flexibility index (Phi) is 4.24. The fraction of sp³-hybridized carbons (Fsp3) is 0. The van der Waals surface area contributed by atoms with Gasteiger partial charge < -0.3 is 11.1 Å². The number of nitrogens with one attached hydrogen (secondary N) is 1. The molecule has 0 aliphatic heterocycles. The van der Waals surface area contributed by atoms with Crippen molar-refractivity contribution in [3.63, 3.8) is 0 Å². The Morgan fingerprint density at radius 2 is 1.75 bits per heavy atom. The summed E-state index contributed by atoms with van der Waals surface area (Å²) < 4.78 is 23.2. The lowest BCUT2D eigenvalue weighted by molar-refractivity contribution is 0.598. The Morgan fingerprint density at radius 1 is 1.10 bits per heavy atom. The molecule has 20 heavy (non-hydrogen) atoms. The summed E-state index contributed by atoms with van der Waals surface area (Å²) in [5, 5.41) is 8.72. The standard InChI is InChI=1S/C12H11BrClN3O2S/c13-9-5-7(14)1-3-11(9)17-12-4-2-8(6-10(12)15)20(16,18)19/h1-6,17H,15H2,(H2,16,18,19). The minimum atomic E-state index is -3.76. The van der Waals surface area contributed by atoms with E-state index in [2.05, 4.69) is 21.2 Å². The molecule has 0 aromatic heterocycles. The number of primary sulfonamides is 1. The van der Waals surface area contributed by atoms with Crippen LogP contribution in [-0.2, 0) is 10.0 Å². The molecule has 0 fully saturated rings. The highest BCUT2D eigenvalue weighted by Gasteiger charge is 2.10. The van der Waals surface area contributed by atoms with Crippen molar-refractivity contribution in [1.29, 1.82) is 0 Å². The molecule has 2 aromatic rings. The molecule has 0 aliphatic rings. The summed E-state index contributed by atoms with van der Waals surface area (Å²) in [4.78, 5) is -0.0317. The molecule has 8 heteroatoms. The maximum atomic E-state index is 11.2. The zero-order valence-electron chi connectivity index (χ0n) is 10.1. The number of halogens is 2. The number of nitrogens with two attached hydrogens (primary N) is 2. The molecule has 106 valence electrons. The minimum absolute atomic E-state index is 0.0317. The van der Waals surface area contributed by atoms with E-state index in [0.29, 0.717) is 10.7 Å². The molecule has 0 heterocycles. The minimum Gasteiger partial charge on any atom is -0.397 e. The Hall–Kier alpha value is -1.28. The average molecular weight is 377 g/mol. The molecule has 2 aromatic carbocycles. The molecule has 0 aliphatic carbocycles. The first-order valence-electron chi connectivity index (χ1n) is 5.42. The van der Waals surface area contributed by atoms with E-state index in [1.165, 1.54) is 12.1 Å². The SMILES string of the molecule is Nc1cc(S(N)(=O)=O)ccc1Nc1ccc(Cl)cc1Br. The van der Waals surface area contributed by atoms with Crippen LogP contribution in [0.1, 0.15) is 0 Å². The van der Waals surface area contributed by atoms with E-state index < -0.39 is 10.0 Å². The predicted molar refractivity (Wildman–Crippen MR) is 84.7 cm³/mol. The van der Waals surface area contributed by atoms with Crippen molar-refractivity contribution in [2.24, 2.45) is 5.14 Å². The second kappa shape index (κ2) is 5.61. The van der Waals surface area contributed by atoms with Crippen LogP contribution in [0.4, 0.5) is 17.1 Å². The highest BCUT2D eigenvalue weighted by molar-refractivity contribution is 9.10. The van der Waals surface area contributed by atoms with Crippen LogP contribution in [0.25, 0.3) is 0 Å².